The summed E-state index contributed by atoms with van der Waals surface area (Å²) in [5.41, 5.74) is 7.34. The minimum absolute atomic E-state index is 0.996. The second-order valence-corrected chi connectivity index (χ2v) is 7.40. The average molecular weight is 361 g/mol. The van der Waals surface area contributed by atoms with Crippen molar-refractivity contribution in [2.24, 2.45) is 0 Å². The van der Waals surface area contributed by atoms with Crippen molar-refractivity contribution in [3.8, 4) is 16.9 Å². The highest BCUT2D eigenvalue weighted by molar-refractivity contribution is 5.74. The van der Waals surface area contributed by atoms with Crippen molar-refractivity contribution in [1.82, 2.24) is 9.78 Å². The largest absolute Gasteiger partial charge is 0.378 e. The minimum Gasteiger partial charge on any atom is -0.378 e. The highest BCUT2D eigenvalue weighted by Gasteiger charge is 2.22. The number of anilines is 2. The molecule has 4 nitrogen and oxygen atoms in total. The second kappa shape index (κ2) is 7.47. The van der Waals surface area contributed by atoms with Crippen molar-refractivity contribution < 1.29 is 0 Å². The predicted molar refractivity (Wildman–Crippen MR) is 114 cm³/mol. The molecule has 0 radical (unpaired) electrons. The Bertz CT molecular complexity index is 939. The number of fused-ring (bicyclic) bond motifs is 1. The van der Waals surface area contributed by atoms with Gasteiger partial charge in [0.1, 0.15) is 5.82 Å². The third-order valence-electron chi connectivity index (χ3n) is 5.37. The molecule has 140 valence electrons. The fraction of sp³-hybridized carbons (Fsp3) is 0.348. The maximum atomic E-state index is 5.12. The maximum absolute atomic E-state index is 5.12. The van der Waals surface area contributed by atoms with E-state index in [-0.39, 0.29) is 0 Å². The third kappa shape index (κ3) is 3.32. The van der Waals surface area contributed by atoms with Gasteiger partial charge in [-0.05, 0) is 49.4 Å². The van der Waals surface area contributed by atoms with Crippen LogP contribution in [-0.4, -0.2) is 30.4 Å². The Morgan fingerprint density at radius 2 is 1.93 bits per heavy atom. The molecule has 2 aromatic carbocycles. The molecule has 27 heavy (non-hydrogen) atoms. The van der Waals surface area contributed by atoms with Crippen LogP contribution in [0.15, 0.2) is 48.5 Å². The summed E-state index contributed by atoms with van der Waals surface area (Å²) in [5, 5.41) is 8.78. The van der Waals surface area contributed by atoms with Crippen LogP contribution in [0.1, 0.15) is 30.9 Å². The van der Waals surface area contributed by atoms with Gasteiger partial charge < -0.3 is 10.2 Å². The topological polar surface area (TPSA) is 33.1 Å². The Kier molecular flexibility index (Phi) is 4.88. The van der Waals surface area contributed by atoms with Gasteiger partial charge in [0.2, 0.25) is 0 Å². The number of aromatic nitrogens is 2. The number of benzene rings is 2. The lowest BCUT2D eigenvalue weighted by atomic mass is 10.0. The normalized spacial score (nSPS) is 13.6. The molecular formula is C23H28N4. The molecule has 1 aromatic heterocycles. The zero-order chi connectivity index (χ0) is 18.8. The van der Waals surface area contributed by atoms with Gasteiger partial charge in [-0.2, -0.15) is 5.10 Å². The molecule has 1 aliphatic heterocycles. The highest BCUT2D eigenvalue weighted by atomic mass is 15.3. The lowest BCUT2D eigenvalue weighted by molar-refractivity contribution is 0.779. The number of rotatable bonds is 4. The molecule has 0 saturated carbocycles. The molecule has 1 aliphatic rings. The molecule has 0 amide bonds. The monoisotopic (exact) mass is 360 g/mol. The van der Waals surface area contributed by atoms with Crippen molar-refractivity contribution >= 4 is 11.5 Å². The Labute approximate surface area is 161 Å². The van der Waals surface area contributed by atoms with Gasteiger partial charge in [0, 0.05) is 37.5 Å². The molecule has 0 aliphatic carbocycles. The van der Waals surface area contributed by atoms with Crippen molar-refractivity contribution in [3.05, 3.63) is 59.7 Å². The van der Waals surface area contributed by atoms with Crippen LogP contribution < -0.4 is 10.2 Å². The number of nitrogens with one attached hydrogen (secondary N) is 1. The van der Waals surface area contributed by atoms with Crippen LogP contribution in [0.25, 0.3) is 16.9 Å². The SMILES string of the molecule is CCc1ccccc1-n1nc(-c2cccc(N(C)C)c2)c2c1NCCCC2. The molecule has 0 atom stereocenters. The summed E-state index contributed by atoms with van der Waals surface area (Å²) in [7, 11) is 4.16. The first kappa shape index (κ1) is 17.7. The van der Waals surface area contributed by atoms with E-state index < -0.39 is 0 Å². The van der Waals surface area contributed by atoms with Crippen LogP contribution in [-0.2, 0) is 12.8 Å². The molecule has 0 saturated heterocycles. The van der Waals surface area contributed by atoms with Gasteiger partial charge in [0.05, 0.1) is 11.4 Å². The number of para-hydroxylation sites is 1. The summed E-state index contributed by atoms with van der Waals surface area (Å²) in [6.07, 6.45) is 4.46. The van der Waals surface area contributed by atoms with Gasteiger partial charge in [0.25, 0.3) is 0 Å². The molecule has 0 unspecified atom stereocenters. The van der Waals surface area contributed by atoms with Crippen LogP contribution in [0.5, 0.6) is 0 Å². The van der Waals surface area contributed by atoms with Crippen LogP contribution in [0, 0.1) is 0 Å². The van der Waals surface area contributed by atoms with E-state index in [2.05, 4.69) is 84.4 Å². The first-order chi connectivity index (χ1) is 13.2. The van der Waals surface area contributed by atoms with Crippen molar-refractivity contribution in [2.45, 2.75) is 32.6 Å². The second-order valence-electron chi connectivity index (χ2n) is 7.40. The molecule has 3 aromatic rings. The zero-order valence-corrected chi connectivity index (χ0v) is 16.5. The van der Waals surface area contributed by atoms with Crippen LogP contribution in [0.4, 0.5) is 11.5 Å². The number of nitrogens with zero attached hydrogens (tertiary/aromatic N) is 3. The van der Waals surface area contributed by atoms with E-state index in [1.165, 1.54) is 46.7 Å². The van der Waals surface area contributed by atoms with Crippen LogP contribution in [0.3, 0.4) is 0 Å². The number of aryl methyl sites for hydroxylation is 1. The number of hydrogen-bond acceptors (Lipinski definition) is 3. The van der Waals surface area contributed by atoms with E-state index in [9.17, 15) is 0 Å². The van der Waals surface area contributed by atoms with E-state index >= 15 is 0 Å². The van der Waals surface area contributed by atoms with E-state index in [0.717, 1.165) is 25.1 Å². The van der Waals surface area contributed by atoms with Gasteiger partial charge in [0.15, 0.2) is 0 Å². The van der Waals surface area contributed by atoms with Crippen molar-refractivity contribution in [2.75, 3.05) is 30.9 Å². The van der Waals surface area contributed by atoms with Gasteiger partial charge in [-0.25, -0.2) is 4.68 Å². The molecule has 0 fully saturated rings. The lowest BCUT2D eigenvalue weighted by Gasteiger charge is -2.13. The Morgan fingerprint density at radius 1 is 1.07 bits per heavy atom. The summed E-state index contributed by atoms with van der Waals surface area (Å²) < 4.78 is 2.14. The molecular weight excluding hydrogens is 332 g/mol. The number of hydrogen-bond donors (Lipinski definition) is 1. The average Bonchev–Trinajstić information content (AvgIpc) is 2.88. The smallest absolute Gasteiger partial charge is 0.133 e. The quantitative estimate of drug-likeness (QED) is 0.717. The lowest BCUT2D eigenvalue weighted by Crippen LogP contribution is -2.09. The summed E-state index contributed by atoms with van der Waals surface area (Å²) in [6.45, 7) is 3.21. The van der Waals surface area contributed by atoms with Crippen LogP contribution >= 0.6 is 0 Å². The molecule has 0 spiro atoms. The fourth-order valence-electron chi connectivity index (χ4n) is 3.86. The molecule has 2 heterocycles. The molecule has 4 rings (SSSR count). The first-order valence-corrected chi connectivity index (χ1v) is 9.91. The Morgan fingerprint density at radius 3 is 2.74 bits per heavy atom. The highest BCUT2D eigenvalue weighted by Crippen LogP contribution is 2.35. The summed E-state index contributed by atoms with van der Waals surface area (Å²) in [6, 6.07) is 17.3. The van der Waals surface area contributed by atoms with Crippen molar-refractivity contribution in [3.63, 3.8) is 0 Å². The predicted octanol–water partition coefficient (Wildman–Crippen LogP) is 4.92. The molecule has 4 heteroatoms. The zero-order valence-electron chi connectivity index (χ0n) is 16.5. The Hall–Kier alpha value is -2.75. The van der Waals surface area contributed by atoms with E-state index in [1.807, 2.05) is 0 Å². The molecule has 0 bridgehead atoms. The maximum Gasteiger partial charge on any atom is 0.133 e. The van der Waals surface area contributed by atoms with E-state index in [1.54, 1.807) is 0 Å². The van der Waals surface area contributed by atoms with E-state index in [0.29, 0.717) is 0 Å². The first-order valence-electron chi connectivity index (χ1n) is 9.91. The fourth-order valence-corrected chi connectivity index (χ4v) is 3.86. The minimum atomic E-state index is 0.996. The summed E-state index contributed by atoms with van der Waals surface area (Å²) >= 11 is 0. The van der Waals surface area contributed by atoms with Gasteiger partial charge in [-0.15, -0.1) is 0 Å². The molecule has 1 N–H and O–H groups in total. The van der Waals surface area contributed by atoms with E-state index in [4.69, 9.17) is 5.10 Å². The summed E-state index contributed by atoms with van der Waals surface area (Å²) in [5.74, 6) is 1.17. The standard InChI is InChI=1S/C23H28N4/c1-4-17-10-5-6-14-21(17)27-23-20(13-7-8-15-24-23)22(25-27)18-11-9-12-19(16-18)26(2)3/h5-6,9-12,14,16,24H,4,7-8,13,15H2,1-3H3. The van der Waals surface area contributed by atoms with Gasteiger partial charge in [-0.1, -0.05) is 37.3 Å². The van der Waals surface area contributed by atoms with Gasteiger partial charge >= 0.3 is 0 Å². The third-order valence-corrected chi connectivity index (χ3v) is 5.37. The van der Waals surface area contributed by atoms with Crippen molar-refractivity contribution in [1.29, 1.82) is 0 Å². The van der Waals surface area contributed by atoms with Crippen LogP contribution in [0.2, 0.25) is 0 Å². The Balaban J connectivity index is 1.91. The van der Waals surface area contributed by atoms with Gasteiger partial charge in [-0.3, -0.25) is 0 Å². The summed E-state index contributed by atoms with van der Waals surface area (Å²) in [4.78, 5) is 2.14.